The summed E-state index contributed by atoms with van der Waals surface area (Å²) in [5, 5.41) is 3.12. The fourth-order valence-corrected chi connectivity index (χ4v) is 1.94. The molecule has 0 amide bonds. The predicted octanol–water partition coefficient (Wildman–Crippen LogP) is 2.19. The van der Waals surface area contributed by atoms with Gasteiger partial charge in [0.05, 0.1) is 9.88 Å². The van der Waals surface area contributed by atoms with Crippen molar-refractivity contribution in [2.24, 2.45) is 0 Å². The molecule has 0 bridgehead atoms. The Morgan fingerprint density at radius 1 is 1.46 bits per heavy atom. The quantitative estimate of drug-likeness (QED) is 0.809. The van der Waals surface area contributed by atoms with Gasteiger partial charge in [0.2, 0.25) is 0 Å². The molecule has 0 saturated carbocycles. The van der Waals surface area contributed by atoms with Crippen molar-refractivity contribution >= 4 is 11.3 Å². The molecule has 0 atom stereocenters. The van der Waals surface area contributed by atoms with Gasteiger partial charge < -0.3 is 5.32 Å². The fraction of sp³-hybridized carbons (Fsp3) is 0.571. The number of nitrogens with zero attached hydrogens (tertiary/aromatic N) is 1. The highest BCUT2D eigenvalue weighted by molar-refractivity contribution is 7.11. The second kappa shape index (κ2) is 3.63. The molecule has 0 radical (unpaired) electrons. The standard InChI is InChI=1S/C7H9F3N2S/c1-4-12-6(7(8,9)10)5(13-4)3-11-2/h11H,3H2,1-2H3. The highest BCUT2D eigenvalue weighted by atomic mass is 32.1. The van der Waals surface area contributed by atoms with Gasteiger partial charge in [-0.15, -0.1) is 11.3 Å². The van der Waals surface area contributed by atoms with Gasteiger partial charge in [0.15, 0.2) is 5.69 Å². The van der Waals surface area contributed by atoms with Crippen LogP contribution < -0.4 is 5.32 Å². The van der Waals surface area contributed by atoms with Crippen LogP contribution in [0, 0.1) is 6.92 Å². The lowest BCUT2D eigenvalue weighted by molar-refractivity contribution is -0.141. The zero-order valence-electron chi connectivity index (χ0n) is 7.20. The van der Waals surface area contributed by atoms with Gasteiger partial charge in [0, 0.05) is 6.54 Å². The monoisotopic (exact) mass is 210 g/mol. The SMILES string of the molecule is CNCc1sc(C)nc1C(F)(F)F. The third kappa shape index (κ3) is 2.41. The van der Waals surface area contributed by atoms with E-state index in [4.69, 9.17) is 0 Å². The molecular weight excluding hydrogens is 201 g/mol. The Morgan fingerprint density at radius 2 is 2.08 bits per heavy atom. The van der Waals surface area contributed by atoms with Crippen molar-refractivity contribution < 1.29 is 13.2 Å². The van der Waals surface area contributed by atoms with Crippen LogP contribution in [-0.2, 0) is 12.7 Å². The molecule has 74 valence electrons. The molecule has 2 nitrogen and oxygen atoms in total. The van der Waals surface area contributed by atoms with Crippen LogP contribution >= 0.6 is 11.3 Å². The van der Waals surface area contributed by atoms with Gasteiger partial charge in [-0.3, -0.25) is 0 Å². The van der Waals surface area contributed by atoms with Crippen LogP contribution in [0.15, 0.2) is 0 Å². The second-order valence-corrected chi connectivity index (χ2v) is 3.82. The lowest BCUT2D eigenvalue weighted by Crippen LogP contribution is -2.12. The van der Waals surface area contributed by atoms with Crippen molar-refractivity contribution in [1.82, 2.24) is 10.3 Å². The fourth-order valence-electron chi connectivity index (χ4n) is 0.971. The first-order valence-corrected chi connectivity index (χ1v) is 4.45. The van der Waals surface area contributed by atoms with Crippen molar-refractivity contribution in [1.29, 1.82) is 0 Å². The summed E-state index contributed by atoms with van der Waals surface area (Å²) in [4.78, 5) is 3.70. The summed E-state index contributed by atoms with van der Waals surface area (Å²) in [5.41, 5.74) is -0.760. The van der Waals surface area contributed by atoms with E-state index in [0.29, 0.717) is 5.01 Å². The Balaban J connectivity index is 3.04. The molecule has 0 aliphatic heterocycles. The molecule has 1 aromatic heterocycles. The topological polar surface area (TPSA) is 24.9 Å². The molecule has 1 heterocycles. The van der Waals surface area contributed by atoms with E-state index in [9.17, 15) is 13.2 Å². The van der Waals surface area contributed by atoms with Crippen molar-refractivity contribution in [3.63, 3.8) is 0 Å². The molecule has 0 unspecified atom stereocenters. The molecule has 0 spiro atoms. The highest BCUT2D eigenvalue weighted by Gasteiger charge is 2.36. The maximum absolute atomic E-state index is 12.3. The van der Waals surface area contributed by atoms with Crippen molar-refractivity contribution in [2.45, 2.75) is 19.6 Å². The van der Waals surface area contributed by atoms with E-state index in [-0.39, 0.29) is 11.4 Å². The van der Waals surface area contributed by atoms with Gasteiger partial charge in [-0.1, -0.05) is 0 Å². The normalized spacial score (nSPS) is 12.1. The zero-order chi connectivity index (χ0) is 10.1. The molecule has 0 saturated heterocycles. The highest BCUT2D eigenvalue weighted by Crippen LogP contribution is 2.33. The Labute approximate surface area is 77.8 Å². The molecule has 0 aliphatic rings. The summed E-state index contributed by atoms with van der Waals surface area (Å²) in [7, 11) is 1.61. The van der Waals surface area contributed by atoms with E-state index in [0.717, 1.165) is 11.3 Å². The van der Waals surface area contributed by atoms with Gasteiger partial charge in [0.1, 0.15) is 0 Å². The maximum atomic E-state index is 12.3. The first-order valence-electron chi connectivity index (χ1n) is 3.63. The average Bonchev–Trinajstić information content (AvgIpc) is 2.30. The first kappa shape index (κ1) is 10.5. The molecule has 0 fully saturated rings. The maximum Gasteiger partial charge on any atom is 0.434 e. The van der Waals surface area contributed by atoms with E-state index in [1.807, 2.05) is 0 Å². The molecule has 1 N–H and O–H groups in total. The summed E-state index contributed by atoms with van der Waals surface area (Å²) >= 11 is 1.07. The van der Waals surface area contributed by atoms with Crippen LogP contribution in [0.1, 0.15) is 15.6 Å². The summed E-state index contributed by atoms with van der Waals surface area (Å²) in [6, 6.07) is 0. The Bertz CT molecular complexity index is 292. The zero-order valence-corrected chi connectivity index (χ0v) is 8.01. The Kier molecular flexibility index (Phi) is 2.92. The third-order valence-corrected chi connectivity index (χ3v) is 2.38. The van der Waals surface area contributed by atoms with E-state index in [1.165, 1.54) is 0 Å². The van der Waals surface area contributed by atoms with Crippen LogP contribution in [-0.4, -0.2) is 12.0 Å². The summed E-state index contributed by atoms with van der Waals surface area (Å²) in [6.45, 7) is 1.78. The van der Waals surface area contributed by atoms with Crippen molar-refractivity contribution in [2.75, 3.05) is 7.05 Å². The van der Waals surface area contributed by atoms with Crippen LogP contribution in [0.5, 0.6) is 0 Å². The van der Waals surface area contributed by atoms with E-state index in [2.05, 4.69) is 10.3 Å². The Morgan fingerprint density at radius 3 is 2.54 bits per heavy atom. The smallest absolute Gasteiger partial charge is 0.315 e. The predicted molar refractivity (Wildman–Crippen MR) is 44.6 cm³/mol. The van der Waals surface area contributed by atoms with Crippen LogP contribution in [0.3, 0.4) is 0 Å². The first-order chi connectivity index (χ1) is 5.95. The molecule has 0 aromatic carbocycles. The third-order valence-electron chi connectivity index (χ3n) is 1.41. The Hall–Kier alpha value is -0.620. The summed E-state index contributed by atoms with van der Waals surface area (Å²) in [5.74, 6) is 0. The number of halogens is 3. The van der Waals surface area contributed by atoms with E-state index >= 15 is 0 Å². The second-order valence-electron chi connectivity index (χ2n) is 2.53. The largest absolute Gasteiger partial charge is 0.434 e. The van der Waals surface area contributed by atoms with Gasteiger partial charge in [-0.05, 0) is 14.0 Å². The van der Waals surface area contributed by atoms with Crippen LogP contribution in [0.4, 0.5) is 13.2 Å². The molecule has 6 heteroatoms. The number of aromatic nitrogens is 1. The summed E-state index contributed by atoms with van der Waals surface area (Å²) < 4.78 is 36.9. The van der Waals surface area contributed by atoms with Gasteiger partial charge in [-0.2, -0.15) is 13.2 Å². The number of hydrogen-bond acceptors (Lipinski definition) is 3. The molecular formula is C7H9F3N2S. The van der Waals surface area contributed by atoms with Crippen LogP contribution in [0.25, 0.3) is 0 Å². The molecule has 0 aliphatic carbocycles. The van der Waals surface area contributed by atoms with E-state index < -0.39 is 11.9 Å². The minimum atomic E-state index is -4.34. The van der Waals surface area contributed by atoms with Gasteiger partial charge in [-0.25, -0.2) is 4.98 Å². The minimum Gasteiger partial charge on any atom is -0.315 e. The lowest BCUT2D eigenvalue weighted by atomic mass is 10.3. The van der Waals surface area contributed by atoms with Crippen molar-refractivity contribution in [3.8, 4) is 0 Å². The van der Waals surface area contributed by atoms with Crippen LogP contribution in [0.2, 0.25) is 0 Å². The molecule has 13 heavy (non-hydrogen) atoms. The molecule has 1 rings (SSSR count). The average molecular weight is 210 g/mol. The number of hydrogen-bond donors (Lipinski definition) is 1. The summed E-state index contributed by atoms with van der Waals surface area (Å²) in [6.07, 6.45) is -4.34. The van der Waals surface area contributed by atoms with Gasteiger partial charge in [0.25, 0.3) is 0 Å². The number of thiazole rings is 1. The number of aryl methyl sites for hydroxylation is 1. The number of rotatable bonds is 2. The van der Waals surface area contributed by atoms with Gasteiger partial charge >= 0.3 is 6.18 Å². The minimum absolute atomic E-state index is 0.209. The van der Waals surface area contributed by atoms with Crippen molar-refractivity contribution in [3.05, 3.63) is 15.6 Å². The number of alkyl halides is 3. The number of nitrogens with one attached hydrogen (secondary N) is 1. The van der Waals surface area contributed by atoms with E-state index in [1.54, 1.807) is 14.0 Å². The lowest BCUT2D eigenvalue weighted by Gasteiger charge is -2.04. The molecule has 1 aromatic rings.